The first-order chi connectivity index (χ1) is 7.22. The summed E-state index contributed by atoms with van der Waals surface area (Å²) in [7, 11) is 0. The third-order valence-corrected chi connectivity index (χ3v) is 1.73. The fourth-order valence-corrected chi connectivity index (χ4v) is 1.04. The van der Waals surface area contributed by atoms with Gasteiger partial charge in [-0.1, -0.05) is 13.8 Å². The summed E-state index contributed by atoms with van der Waals surface area (Å²) >= 11 is 0. The van der Waals surface area contributed by atoms with E-state index in [-0.39, 0.29) is 0 Å². The zero-order valence-corrected chi connectivity index (χ0v) is 8.99. The van der Waals surface area contributed by atoms with Crippen molar-refractivity contribution in [3.05, 3.63) is 18.0 Å². The summed E-state index contributed by atoms with van der Waals surface area (Å²) in [6.45, 7) is 5.77. The van der Waals surface area contributed by atoms with Crippen LogP contribution in [0.5, 0.6) is 0 Å². The van der Waals surface area contributed by atoms with Gasteiger partial charge in [0.05, 0.1) is 0 Å². The summed E-state index contributed by atoms with van der Waals surface area (Å²) in [6, 6.07) is 4.02. The van der Waals surface area contributed by atoms with Crippen molar-refractivity contribution in [3.63, 3.8) is 0 Å². The molecule has 0 aromatic carbocycles. The fourth-order valence-electron chi connectivity index (χ4n) is 1.04. The summed E-state index contributed by atoms with van der Waals surface area (Å²) in [5.41, 5.74) is 0.379. The number of nitrogens with zero attached hydrogens (tertiary/aromatic N) is 3. The molecule has 5 heteroatoms. The van der Waals surface area contributed by atoms with Gasteiger partial charge in [-0.2, -0.15) is 5.26 Å². The molecule has 0 amide bonds. The van der Waals surface area contributed by atoms with Gasteiger partial charge in [-0.3, -0.25) is 0 Å². The lowest BCUT2D eigenvalue weighted by atomic mass is 10.4. The highest BCUT2D eigenvalue weighted by Crippen LogP contribution is 1.97. The van der Waals surface area contributed by atoms with E-state index in [1.165, 1.54) is 0 Å². The quantitative estimate of drug-likeness (QED) is 0.694. The number of hydrogen-bond acceptors (Lipinski definition) is 5. The highest BCUT2D eigenvalue weighted by molar-refractivity contribution is 5.29. The molecule has 1 heterocycles. The van der Waals surface area contributed by atoms with Gasteiger partial charge in [-0.05, 0) is 6.07 Å². The molecule has 15 heavy (non-hydrogen) atoms. The van der Waals surface area contributed by atoms with Crippen LogP contribution in [0.25, 0.3) is 0 Å². The van der Waals surface area contributed by atoms with Crippen molar-refractivity contribution in [3.8, 4) is 6.07 Å². The van der Waals surface area contributed by atoms with E-state index in [9.17, 15) is 0 Å². The molecule has 2 N–H and O–H groups in total. The van der Waals surface area contributed by atoms with Crippen molar-refractivity contribution in [2.24, 2.45) is 0 Å². The van der Waals surface area contributed by atoms with E-state index in [1.54, 1.807) is 12.3 Å². The average molecular weight is 205 g/mol. The molecule has 0 spiro atoms. The summed E-state index contributed by atoms with van der Waals surface area (Å²) in [5.74, 6) is 0.500. The Labute approximate surface area is 89.6 Å². The third kappa shape index (κ3) is 4.38. The van der Waals surface area contributed by atoms with Crippen molar-refractivity contribution >= 4 is 5.95 Å². The Hall–Kier alpha value is -1.67. The van der Waals surface area contributed by atoms with Gasteiger partial charge in [0.25, 0.3) is 0 Å². The highest BCUT2D eigenvalue weighted by atomic mass is 15.1. The van der Waals surface area contributed by atoms with Crippen molar-refractivity contribution < 1.29 is 0 Å². The predicted molar refractivity (Wildman–Crippen MR) is 58.4 cm³/mol. The Balaban J connectivity index is 2.35. The van der Waals surface area contributed by atoms with Crippen LogP contribution in [0, 0.1) is 11.3 Å². The minimum atomic E-state index is 0.379. The van der Waals surface area contributed by atoms with Crippen LogP contribution in [0.4, 0.5) is 5.95 Å². The van der Waals surface area contributed by atoms with E-state index >= 15 is 0 Å². The smallest absolute Gasteiger partial charge is 0.223 e. The standard InChI is InChI=1S/C10H15N5/c1-8(2)12-5-6-14-10-13-4-3-9(7-11)15-10/h3-4,8,12H,5-6H2,1-2H3,(H,13,14,15). The molecular formula is C10H15N5. The fraction of sp³-hybridized carbons (Fsp3) is 0.500. The maximum atomic E-state index is 8.63. The second-order valence-electron chi connectivity index (χ2n) is 3.41. The second kappa shape index (κ2) is 5.94. The number of nitrogens with one attached hydrogen (secondary N) is 2. The summed E-state index contributed by atoms with van der Waals surface area (Å²) in [4.78, 5) is 8.00. The molecule has 1 aromatic rings. The lowest BCUT2D eigenvalue weighted by molar-refractivity contribution is 0.601. The van der Waals surface area contributed by atoms with Gasteiger partial charge in [0, 0.05) is 25.3 Å². The summed E-state index contributed by atoms with van der Waals surface area (Å²) in [5, 5.41) is 14.9. The molecule has 0 aliphatic rings. The highest BCUT2D eigenvalue weighted by Gasteiger charge is 1.97. The van der Waals surface area contributed by atoms with Gasteiger partial charge in [0.2, 0.25) is 5.95 Å². The Bertz CT molecular complexity index is 342. The minimum absolute atomic E-state index is 0.379. The zero-order valence-electron chi connectivity index (χ0n) is 8.99. The van der Waals surface area contributed by atoms with E-state index in [0.29, 0.717) is 17.7 Å². The van der Waals surface area contributed by atoms with Crippen molar-refractivity contribution in [2.45, 2.75) is 19.9 Å². The number of anilines is 1. The maximum absolute atomic E-state index is 8.63. The van der Waals surface area contributed by atoms with Crippen LogP contribution in [-0.4, -0.2) is 29.1 Å². The Kier molecular flexibility index (Phi) is 4.51. The lowest BCUT2D eigenvalue weighted by Crippen LogP contribution is -2.28. The van der Waals surface area contributed by atoms with Crippen molar-refractivity contribution in [1.29, 1.82) is 5.26 Å². The summed E-state index contributed by atoms with van der Waals surface area (Å²) in [6.07, 6.45) is 1.57. The largest absolute Gasteiger partial charge is 0.353 e. The second-order valence-corrected chi connectivity index (χ2v) is 3.41. The van der Waals surface area contributed by atoms with Gasteiger partial charge in [0.15, 0.2) is 0 Å². The average Bonchev–Trinajstić information content (AvgIpc) is 2.24. The van der Waals surface area contributed by atoms with Crippen LogP contribution in [0.3, 0.4) is 0 Å². The molecule has 0 aliphatic heterocycles. The molecule has 0 radical (unpaired) electrons. The topological polar surface area (TPSA) is 73.6 Å². The van der Waals surface area contributed by atoms with Crippen molar-refractivity contribution in [1.82, 2.24) is 15.3 Å². The SMILES string of the molecule is CC(C)NCCNc1nccc(C#N)n1. The number of rotatable bonds is 5. The van der Waals surface area contributed by atoms with E-state index in [2.05, 4.69) is 34.4 Å². The maximum Gasteiger partial charge on any atom is 0.223 e. The molecule has 0 bridgehead atoms. The molecule has 0 unspecified atom stereocenters. The first-order valence-corrected chi connectivity index (χ1v) is 4.93. The predicted octanol–water partition coefficient (Wildman–Crippen LogP) is 0.758. The molecule has 0 fully saturated rings. The van der Waals surface area contributed by atoms with Crippen LogP contribution < -0.4 is 10.6 Å². The normalized spacial score (nSPS) is 10.0. The molecule has 1 rings (SSSR count). The van der Waals surface area contributed by atoms with Gasteiger partial charge in [-0.25, -0.2) is 9.97 Å². The Morgan fingerprint density at radius 3 is 2.93 bits per heavy atom. The van der Waals surface area contributed by atoms with Crippen LogP contribution in [0.15, 0.2) is 12.3 Å². The van der Waals surface area contributed by atoms with Crippen molar-refractivity contribution in [2.75, 3.05) is 18.4 Å². The van der Waals surface area contributed by atoms with E-state index < -0.39 is 0 Å². The van der Waals surface area contributed by atoms with Gasteiger partial charge in [0.1, 0.15) is 11.8 Å². The summed E-state index contributed by atoms with van der Waals surface area (Å²) < 4.78 is 0. The molecule has 0 aliphatic carbocycles. The molecule has 5 nitrogen and oxygen atoms in total. The van der Waals surface area contributed by atoms with Gasteiger partial charge in [-0.15, -0.1) is 0 Å². The van der Waals surface area contributed by atoms with Crippen LogP contribution in [0.2, 0.25) is 0 Å². The van der Waals surface area contributed by atoms with Crippen LogP contribution >= 0.6 is 0 Å². The zero-order chi connectivity index (χ0) is 11.1. The molecule has 0 saturated heterocycles. The third-order valence-electron chi connectivity index (χ3n) is 1.73. The van der Waals surface area contributed by atoms with E-state index in [0.717, 1.165) is 13.1 Å². The first-order valence-electron chi connectivity index (χ1n) is 4.93. The molecule has 80 valence electrons. The van der Waals surface area contributed by atoms with Crippen LogP contribution in [0.1, 0.15) is 19.5 Å². The first kappa shape index (κ1) is 11.4. The molecule has 0 atom stereocenters. The van der Waals surface area contributed by atoms with E-state index in [1.807, 2.05) is 6.07 Å². The number of hydrogen-bond donors (Lipinski definition) is 2. The van der Waals surface area contributed by atoms with Gasteiger partial charge >= 0.3 is 0 Å². The number of aromatic nitrogens is 2. The molecule has 1 aromatic heterocycles. The number of nitriles is 1. The monoisotopic (exact) mass is 205 g/mol. The Morgan fingerprint density at radius 2 is 2.27 bits per heavy atom. The molecule has 0 saturated carbocycles. The molecular weight excluding hydrogens is 190 g/mol. The van der Waals surface area contributed by atoms with Crippen LogP contribution in [-0.2, 0) is 0 Å². The van der Waals surface area contributed by atoms with E-state index in [4.69, 9.17) is 5.26 Å². The van der Waals surface area contributed by atoms with Gasteiger partial charge < -0.3 is 10.6 Å². The Morgan fingerprint density at radius 1 is 1.47 bits per heavy atom. The minimum Gasteiger partial charge on any atom is -0.353 e. The lowest BCUT2D eigenvalue weighted by Gasteiger charge is -2.08.